The summed E-state index contributed by atoms with van der Waals surface area (Å²) in [5.74, 6) is 0.220. The molecule has 5 heteroatoms. The van der Waals surface area contributed by atoms with Gasteiger partial charge in [0.25, 0.3) is 0 Å². The van der Waals surface area contributed by atoms with Gasteiger partial charge in [-0.2, -0.15) is 0 Å². The molecule has 0 saturated carbocycles. The number of phenols is 1. The van der Waals surface area contributed by atoms with Gasteiger partial charge < -0.3 is 9.67 Å². The summed E-state index contributed by atoms with van der Waals surface area (Å²) in [7, 11) is -3.05. The van der Waals surface area contributed by atoms with Gasteiger partial charge in [0.2, 0.25) is 0 Å². The van der Waals surface area contributed by atoms with Gasteiger partial charge in [-0.15, -0.1) is 0 Å². The fourth-order valence-corrected chi connectivity index (χ4v) is 2.81. The van der Waals surface area contributed by atoms with Crippen LogP contribution in [-0.4, -0.2) is 24.3 Å². The van der Waals surface area contributed by atoms with Crippen molar-refractivity contribution in [1.82, 2.24) is 4.57 Å². The second-order valence-corrected chi connectivity index (χ2v) is 6.35. The predicted molar refractivity (Wildman–Crippen MR) is 67.8 cm³/mol. The number of aromatic hydroxyl groups is 1. The molecule has 0 aliphatic rings. The van der Waals surface area contributed by atoms with Gasteiger partial charge in [0.05, 0.1) is 11.3 Å². The van der Waals surface area contributed by atoms with E-state index in [9.17, 15) is 13.5 Å². The molecule has 0 amide bonds. The molecule has 0 fully saturated rings. The molecular weight excluding hydrogens is 238 g/mol. The largest absolute Gasteiger partial charge is 0.508 e. The van der Waals surface area contributed by atoms with Crippen LogP contribution in [0.25, 0.3) is 10.9 Å². The van der Waals surface area contributed by atoms with Crippen molar-refractivity contribution in [3.8, 4) is 5.75 Å². The van der Waals surface area contributed by atoms with Crippen molar-refractivity contribution >= 4 is 20.7 Å². The molecule has 0 aliphatic heterocycles. The van der Waals surface area contributed by atoms with E-state index in [1.807, 2.05) is 17.7 Å². The number of phenolic OH excluding ortho intramolecular Hbond substituents is 1. The summed E-state index contributed by atoms with van der Waals surface area (Å²) in [6.07, 6.45) is 3.06. The van der Waals surface area contributed by atoms with Gasteiger partial charge in [-0.05, 0) is 24.6 Å². The standard InChI is InChI=1S/C12H15NO3S/c1-3-13-7-9(8-17(2,15)16)11-5-4-10(14)6-12(11)13/h4-7,14H,3,8H2,1-2H3. The van der Waals surface area contributed by atoms with Crippen LogP contribution < -0.4 is 0 Å². The minimum Gasteiger partial charge on any atom is -0.508 e. The molecule has 0 bridgehead atoms. The first-order chi connectivity index (χ1) is 7.90. The number of nitrogens with zero attached hydrogens (tertiary/aromatic N) is 1. The molecule has 1 N–H and O–H groups in total. The number of sulfone groups is 1. The van der Waals surface area contributed by atoms with Gasteiger partial charge in [-0.3, -0.25) is 0 Å². The van der Waals surface area contributed by atoms with Crippen LogP contribution in [0.5, 0.6) is 5.75 Å². The van der Waals surface area contributed by atoms with Crippen molar-refractivity contribution in [1.29, 1.82) is 0 Å². The van der Waals surface area contributed by atoms with E-state index in [4.69, 9.17) is 0 Å². The van der Waals surface area contributed by atoms with Crippen molar-refractivity contribution in [2.24, 2.45) is 0 Å². The number of rotatable bonds is 3. The van der Waals surface area contributed by atoms with Gasteiger partial charge >= 0.3 is 0 Å². The van der Waals surface area contributed by atoms with Crippen LogP contribution in [0.1, 0.15) is 12.5 Å². The topological polar surface area (TPSA) is 59.3 Å². The number of benzene rings is 1. The van der Waals surface area contributed by atoms with E-state index >= 15 is 0 Å². The van der Waals surface area contributed by atoms with Crippen LogP contribution in [-0.2, 0) is 22.1 Å². The van der Waals surface area contributed by atoms with Gasteiger partial charge in [0, 0.05) is 30.4 Å². The highest BCUT2D eigenvalue weighted by atomic mass is 32.2. The third kappa shape index (κ3) is 2.44. The normalized spacial score (nSPS) is 12.1. The van der Waals surface area contributed by atoms with Crippen molar-refractivity contribution in [2.45, 2.75) is 19.2 Å². The molecular formula is C12H15NO3S. The molecule has 0 saturated heterocycles. The average Bonchev–Trinajstić information content (AvgIpc) is 2.53. The molecule has 1 heterocycles. The van der Waals surface area contributed by atoms with Gasteiger partial charge in [0.15, 0.2) is 9.84 Å². The van der Waals surface area contributed by atoms with Gasteiger partial charge in [-0.1, -0.05) is 0 Å². The van der Waals surface area contributed by atoms with E-state index in [1.54, 1.807) is 18.2 Å². The van der Waals surface area contributed by atoms with E-state index < -0.39 is 9.84 Å². The summed E-state index contributed by atoms with van der Waals surface area (Å²) >= 11 is 0. The quantitative estimate of drug-likeness (QED) is 0.909. The van der Waals surface area contributed by atoms with E-state index in [0.29, 0.717) is 0 Å². The van der Waals surface area contributed by atoms with Crippen molar-refractivity contribution in [3.63, 3.8) is 0 Å². The van der Waals surface area contributed by atoms with Crippen LogP contribution in [0.4, 0.5) is 0 Å². The molecule has 4 nitrogen and oxygen atoms in total. The van der Waals surface area contributed by atoms with Crippen LogP contribution >= 0.6 is 0 Å². The van der Waals surface area contributed by atoms with Gasteiger partial charge in [-0.25, -0.2) is 8.42 Å². The Morgan fingerprint density at radius 2 is 2.06 bits per heavy atom. The van der Waals surface area contributed by atoms with Crippen molar-refractivity contribution in [2.75, 3.05) is 6.26 Å². The molecule has 0 radical (unpaired) electrons. The Bertz CT molecular complexity index is 656. The maximum absolute atomic E-state index is 11.4. The zero-order valence-corrected chi connectivity index (χ0v) is 10.7. The maximum Gasteiger partial charge on any atom is 0.151 e. The Hall–Kier alpha value is -1.49. The van der Waals surface area contributed by atoms with E-state index in [-0.39, 0.29) is 11.5 Å². The maximum atomic E-state index is 11.4. The van der Waals surface area contributed by atoms with Crippen LogP contribution in [0.15, 0.2) is 24.4 Å². The molecule has 2 aromatic rings. The smallest absolute Gasteiger partial charge is 0.151 e. The Morgan fingerprint density at radius 3 is 2.65 bits per heavy atom. The minimum atomic E-state index is -3.05. The fourth-order valence-electron chi connectivity index (χ4n) is 2.02. The molecule has 0 aliphatic carbocycles. The highest BCUT2D eigenvalue weighted by molar-refractivity contribution is 7.89. The van der Waals surface area contributed by atoms with Crippen LogP contribution in [0.2, 0.25) is 0 Å². The van der Waals surface area contributed by atoms with Gasteiger partial charge in [0.1, 0.15) is 5.75 Å². The Morgan fingerprint density at radius 1 is 1.35 bits per heavy atom. The van der Waals surface area contributed by atoms with Crippen LogP contribution in [0.3, 0.4) is 0 Å². The van der Waals surface area contributed by atoms with Crippen molar-refractivity contribution < 1.29 is 13.5 Å². The number of hydrogen-bond donors (Lipinski definition) is 1. The number of aryl methyl sites for hydroxylation is 1. The first-order valence-corrected chi connectivity index (χ1v) is 7.45. The Kier molecular flexibility index (Phi) is 2.87. The summed E-state index contributed by atoms with van der Waals surface area (Å²) < 4.78 is 24.6. The molecule has 2 rings (SSSR count). The highest BCUT2D eigenvalue weighted by Crippen LogP contribution is 2.26. The third-order valence-electron chi connectivity index (χ3n) is 2.71. The van der Waals surface area contributed by atoms with E-state index in [0.717, 1.165) is 23.0 Å². The zero-order chi connectivity index (χ0) is 12.6. The van der Waals surface area contributed by atoms with Crippen LogP contribution in [0, 0.1) is 0 Å². The summed E-state index contributed by atoms with van der Waals surface area (Å²) in [5, 5.41) is 10.3. The molecule has 0 atom stereocenters. The predicted octanol–water partition coefficient (Wildman–Crippen LogP) is 1.91. The van der Waals surface area contributed by atoms with E-state index in [1.165, 1.54) is 6.26 Å². The number of fused-ring (bicyclic) bond motifs is 1. The summed E-state index contributed by atoms with van der Waals surface area (Å²) in [4.78, 5) is 0. The molecule has 0 spiro atoms. The Labute approximate surface area is 100 Å². The monoisotopic (exact) mass is 253 g/mol. The zero-order valence-electron chi connectivity index (χ0n) is 9.84. The van der Waals surface area contributed by atoms with E-state index in [2.05, 4.69) is 0 Å². The molecule has 1 aromatic carbocycles. The lowest BCUT2D eigenvalue weighted by Crippen LogP contribution is -2.00. The fraction of sp³-hybridized carbons (Fsp3) is 0.333. The minimum absolute atomic E-state index is 0.0290. The lowest BCUT2D eigenvalue weighted by molar-refractivity contribution is 0.476. The first kappa shape index (κ1) is 12.0. The number of hydrogen-bond acceptors (Lipinski definition) is 3. The average molecular weight is 253 g/mol. The second kappa shape index (κ2) is 4.07. The van der Waals surface area contributed by atoms with Crippen molar-refractivity contribution in [3.05, 3.63) is 30.0 Å². The molecule has 92 valence electrons. The Balaban J connectivity index is 2.65. The summed E-state index contributed by atoms with van der Waals surface area (Å²) in [5.41, 5.74) is 1.65. The molecule has 17 heavy (non-hydrogen) atoms. The number of aromatic nitrogens is 1. The second-order valence-electron chi connectivity index (χ2n) is 4.21. The highest BCUT2D eigenvalue weighted by Gasteiger charge is 2.12. The molecule has 1 aromatic heterocycles. The lowest BCUT2D eigenvalue weighted by atomic mass is 10.2. The first-order valence-electron chi connectivity index (χ1n) is 5.39. The SMILES string of the molecule is CCn1cc(CS(C)(=O)=O)c2ccc(O)cc21. The summed E-state index contributed by atoms with van der Waals surface area (Å²) in [6.45, 7) is 2.72. The third-order valence-corrected chi connectivity index (χ3v) is 3.54. The summed E-state index contributed by atoms with van der Waals surface area (Å²) in [6, 6.07) is 5.00. The lowest BCUT2D eigenvalue weighted by Gasteiger charge is -2.00. The molecule has 0 unspecified atom stereocenters.